The second-order valence-corrected chi connectivity index (χ2v) is 9.78. The second kappa shape index (κ2) is 10.8. The van der Waals surface area contributed by atoms with Gasteiger partial charge >= 0.3 is 0 Å². The van der Waals surface area contributed by atoms with Crippen LogP contribution < -0.4 is 10.2 Å². The van der Waals surface area contributed by atoms with Gasteiger partial charge in [-0.05, 0) is 50.8 Å². The summed E-state index contributed by atoms with van der Waals surface area (Å²) in [7, 11) is 4.01. The van der Waals surface area contributed by atoms with Crippen molar-refractivity contribution >= 4 is 46.4 Å². The number of pyridine rings is 1. The SMILES string of the molecule is CN(C)[C@H]1CCN(c2ccc(Nc3ncc(Cl)c(-c4cnn(-c5ccnc(C#N)c5Cl)c4)n3)cc2)C(=O)C1. The maximum atomic E-state index is 12.7. The van der Waals surface area contributed by atoms with Crippen LogP contribution in [0.4, 0.5) is 17.3 Å². The molecular formula is C26H23Cl2N9O. The Morgan fingerprint density at radius 3 is 2.63 bits per heavy atom. The predicted molar refractivity (Wildman–Crippen MR) is 146 cm³/mol. The average Bonchev–Trinajstić information content (AvgIpc) is 3.40. The van der Waals surface area contributed by atoms with E-state index in [0.717, 1.165) is 17.8 Å². The second-order valence-electron chi connectivity index (χ2n) is 9.00. The third-order valence-electron chi connectivity index (χ3n) is 6.38. The van der Waals surface area contributed by atoms with Crippen molar-refractivity contribution in [2.75, 3.05) is 30.9 Å². The van der Waals surface area contributed by atoms with Crippen molar-refractivity contribution in [3.63, 3.8) is 0 Å². The zero-order valence-corrected chi connectivity index (χ0v) is 22.1. The van der Waals surface area contributed by atoms with E-state index in [1.807, 2.05) is 49.3 Å². The first-order valence-corrected chi connectivity index (χ1v) is 12.6. The van der Waals surface area contributed by atoms with Crippen LogP contribution >= 0.6 is 23.2 Å². The minimum atomic E-state index is 0.112. The van der Waals surface area contributed by atoms with Gasteiger partial charge in [0, 0.05) is 48.3 Å². The van der Waals surface area contributed by atoms with Gasteiger partial charge in [0.05, 0.1) is 28.8 Å². The van der Waals surface area contributed by atoms with Gasteiger partial charge < -0.3 is 15.1 Å². The summed E-state index contributed by atoms with van der Waals surface area (Å²) in [5.74, 6) is 0.472. The van der Waals surface area contributed by atoms with Crippen LogP contribution in [0.2, 0.25) is 10.0 Å². The van der Waals surface area contributed by atoms with E-state index in [4.69, 9.17) is 23.2 Å². The number of carbonyl (C=O) groups is 1. The topological polar surface area (TPSA) is 116 Å². The number of hydrogen-bond acceptors (Lipinski definition) is 8. The fourth-order valence-electron chi connectivity index (χ4n) is 4.28. The van der Waals surface area contributed by atoms with E-state index >= 15 is 0 Å². The van der Waals surface area contributed by atoms with Gasteiger partial charge in [0.25, 0.3) is 0 Å². The van der Waals surface area contributed by atoms with Crippen molar-refractivity contribution in [1.29, 1.82) is 5.26 Å². The van der Waals surface area contributed by atoms with Crippen molar-refractivity contribution in [2.24, 2.45) is 0 Å². The van der Waals surface area contributed by atoms with E-state index in [9.17, 15) is 10.1 Å². The zero-order valence-electron chi connectivity index (χ0n) is 20.6. The molecule has 192 valence electrons. The molecule has 0 saturated carbocycles. The number of benzene rings is 1. The Bertz CT molecular complexity index is 1530. The molecule has 0 bridgehead atoms. The van der Waals surface area contributed by atoms with E-state index in [-0.39, 0.29) is 22.7 Å². The number of amides is 1. The first-order chi connectivity index (χ1) is 18.3. The Morgan fingerprint density at radius 1 is 1.13 bits per heavy atom. The Morgan fingerprint density at radius 2 is 1.92 bits per heavy atom. The lowest BCUT2D eigenvalue weighted by atomic mass is 10.0. The van der Waals surface area contributed by atoms with Crippen LogP contribution in [0.15, 0.2) is 55.1 Å². The summed E-state index contributed by atoms with van der Waals surface area (Å²) in [6, 6.07) is 11.5. The molecule has 1 saturated heterocycles. The Kier molecular flexibility index (Phi) is 7.24. The highest BCUT2D eigenvalue weighted by molar-refractivity contribution is 6.33. The van der Waals surface area contributed by atoms with Crippen molar-refractivity contribution in [1.82, 2.24) is 29.6 Å². The molecule has 3 aromatic heterocycles. The molecule has 4 aromatic rings. The number of aromatic nitrogens is 5. The molecule has 1 fully saturated rings. The molecule has 1 aromatic carbocycles. The Balaban J connectivity index is 1.33. The smallest absolute Gasteiger partial charge is 0.228 e. The van der Waals surface area contributed by atoms with Crippen molar-refractivity contribution in [3.05, 3.63) is 70.9 Å². The summed E-state index contributed by atoms with van der Waals surface area (Å²) >= 11 is 12.7. The maximum absolute atomic E-state index is 12.7. The molecule has 0 aliphatic carbocycles. The molecule has 1 aliphatic heterocycles. The number of piperidine rings is 1. The molecule has 10 nitrogen and oxygen atoms in total. The fraction of sp³-hybridized carbons (Fsp3) is 0.231. The molecule has 1 N–H and O–H groups in total. The van der Waals surface area contributed by atoms with E-state index < -0.39 is 0 Å². The first kappa shape index (κ1) is 25.6. The van der Waals surface area contributed by atoms with Gasteiger partial charge in [0.15, 0.2) is 5.69 Å². The lowest BCUT2D eigenvalue weighted by Crippen LogP contribution is -2.45. The van der Waals surface area contributed by atoms with E-state index in [1.165, 1.54) is 17.1 Å². The number of rotatable bonds is 6. The van der Waals surface area contributed by atoms with Crippen molar-refractivity contribution < 1.29 is 4.79 Å². The van der Waals surface area contributed by atoms with E-state index in [1.54, 1.807) is 18.5 Å². The van der Waals surface area contributed by atoms with Crippen LogP contribution in [-0.2, 0) is 4.79 Å². The summed E-state index contributed by atoms with van der Waals surface area (Å²) in [5.41, 5.74) is 3.37. The third-order valence-corrected chi connectivity index (χ3v) is 7.03. The highest BCUT2D eigenvalue weighted by Crippen LogP contribution is 2.30. The van der Waals surface area contributed by atoms with Gasteiger partial charge in [-0.15, -0.1) is 0 Å². The fourth-order valence-corrected chi connectivity index (χ4v) is 4.72. The Hall–Kier alpha value is -4.04. The molecular weight excluding hydrogens is 525 g/mol. The first-order valence-electron chi connectivity index (χ1n) is 11.8. The molecule has 0 radical (unpaired) electrons. The third kappa shape index (κ3) is 5.17. The summed E-state index contributed by atoms with van der Waals surface area (Å²) in [6.45, 7) is 0.689. The van der Waals surface area contributed by atoms with Gasteiger partial charge in [0.2, 0.25) is 11.9 Å². The summed E-state index contributed by atoms with van der Waals surface area (Å²) in [6.07, 6.45) is 7.77. The van der Waals surface area contributed by atoms with Gasteiger partial charge in [0.1, 0.15) is 11.1 Å². The monoisotopic (exact) mass is 547 g/mol. The number of hydrogen-bond donors (Lipinski definition) is 1. The molecule has 1 aliphatic rings. The number of anilines is 3. The largest absolute Gasteiger partial charge is 0.324 e. The van der Waals surface area contributed by atoms with Crippen molar-refractivity contribution in [3.8, 4) is 23.0 Å². The summed E-state index contributed by atoms with van der Waals surface area (Å²) in [4.78, 5) is 29.4. The molecule has 0 unspecified atom stereocenters. The normalized spacial score (nSPS) is 15.5. The van der Waals surface area contributed by atoms with Crippen LogP contribution in [0, 0.1) is 11.3 Å². The van der Waals surface area contributed by atoms with Gasteiger partial charge in [-0.3, -0.25) is 4.79 Å². The van der Waals surface area contributed by atoms with Gasteiger partial charge in [-0.25, -0.2) is 19.6 Å². The summed E-state index contributed by atoms with van der Waals surface area (Å²) < 4.78 is 1.53. The number of carbonyl (C=O) groups excluding carboxylic acids is 1. The highest BCUT2D eigenvalue weighted by atomic mass is 35.5. The number of nitrogens with zero attached hydrogens (tertiary/aromatic N) is 8. The number of nitriles is 1. The zero-order chi connectivity index (χ0) is 26.8. The van der Waals surface area contributed by atoms with Crippen LogP contribution in [0.25, 0.3) is 16.9 Å². The molecule has 38 heavy (non-hydrogen) atoms. The average molecular weight is 548 g/mol. The minimum absolute atomic E-state index is 0.112. The Labute approximate surface area is 229 Å². The van der Waals surface area contributed by atoms with Crippen LogP contribution in [0.5, 0.6) is 0 Å². The molecule has 0 spiro atoms. The lowest BCUT2D eigenvalue weighted by Gasteiger charge is -2.34. The lowest BCUT2D eigenvalue weighted by molar-refractivity contribution is -0.120. The van der Waals surface area contributed by atoms with E-state index in [0.29, 0.717) is 40.9 Å². The molecule has 5 rings (SSSR count). The number of halogens is 2. The van der Waals surface area contributed by atoms with Crippen LogP contribution in [0.3, 0.4) is 0 Å². The quantitative estimate of drug-likeness (QED) is 0.369. The maximum Gasteiger partial charge on any atom is 0.228 e. The standard InChI is InChI=1S/C26H23Cl2N9O/c1-35(2)19-8-10-36(23(38)11-19)18-5-3-17(4-6-18)33-26-31-14-20(27)25(34-26)16-13-32-37(15-16)22-7-9-30-21(12-29)24(22)28/h3-7,9,13-15,19H,8,10-11H2,1-2H3,(H,31,33,34)/t19-/m0/s1. The predicted octanol–water partition coefficient (Wildman–Crippen LogP) is 4.70. The minimum Gasteiger partial charge on any atom is -0.324 e. The van der Waals surface area contributed by atoms with Crippen LogP contribution in [0.1, 0.15) is 18.5 Å². The van der Waals surface area contributed by atoms with E-state index in [2.05, 4.69) is 30.3 Å². The molecule has 1 atom stereocenters. The van der Waals surface area contributed by atoms with Crippen molar-refractivity contribution in [2.45, 2.75) is 18.9 Å². The molecule has 1 amide bonds. The summed E-state index contributed by atoms with van der Waals surface area (Å²) in [5, 5.41) is 17.3. The number of nitrogens with one attached hydrogen (secondary N) is 1. The van der Waals surface area contributed by atoms with Gasteiger partial charge in [-0.1, -0.05) is 23.2 Å². The van der Waals surface area contributed by atoms with Crippen LogP contribution in [-0.4, -0.2) is 62.2 Å². The van der Waals surface area contributed by atoms with Gasteiger partial charge in [-0.2, -0.15) is 10.4 Å². The highest BCUT2D eigenvalue weighted by Gasteiger charge is 2.27. The molecule has 4 heterocycles. The molecule has 12 heteroatoms.